The zero-order valence-corrected chi connectivity index (χ0v) is 14.7. The highest BCUT2D eigenvalue weighted by Crippen LogP contribution is 2.37. The molecule has 0 saturated carbocycles. The Labute approximate surface area is 152 Å². The molecule has 0 saturated heterocycles. The van der Waals surface area contributed by atoms with E-state index in [9.17, 15) is 9.18 Å². The van der Waals surface area contributed by atoms with Crippen LogP contribution in [0.5, 0.6) is 0 Å². The summed E-state index contributed by atoms with van der Waals surface area (Å²) in [6.45, 7) is 2.51. The van der Waals surface area contributed by atoms with E-state index in [1.165, 1.54) is 11.6 Å². The summed E-state index contributed by atoms with van der Waals surface area (Å²) in [4.78, 5) is 15.1. The Morgan fingerprint density at radius 3 is 2.35 bits per heavy atom. The Kier molecular flexibility index (Phi) is 4.29. The molecule has 0 N–H and O–H groups in total. The molecule has 1 atom stereocenters. The van der Waals surface area contributed by atoms with Gasteiger partial charge in [-0.1, -0.05) is 60.7 Å². The van der Waals surface area contributed by atoms with Crippen LogP contribution in [0.1, 0.15) is 38.7 Å². The van der Waals surface area contributed by atoms with Crippen LogP contribution < -0.4 is 0 Å². The predicted molar refractivity (Wildman–Crippen MR) is 101 cm³/mol. The van der Waals surface area contributed by atoms with Gasteiger partial charge in [0.25, 0.3) is 5.91 Å². The molecule has 2 nitrogen and oxygen atoms in total. The number of hydrogen-bond acceptors (Lipinski definition) is 1. The maximum atomic E-state index is 14.6. The topological polar surface area (TPSA) is 20.3 Å². The fourth-order valence-electron chi connectivity index (χ4n) is 3.79. The molecule has 0 radical (unpaired) electrons. The fourth-order valence-corrected chi connectivity index (χ4v) is 3.79. The monoisotopic (exact) mass is 345 g/mol. The number of aryl methyl sites for hydroxylation is 1. The van der Waals surface area contributed by atoms with E-state index in [1.54, 1.807) is 12.1 Å². The summed E-state index contributed by atoms with van der Waals surface area (Å²) in [5, 5.41) is 0. The molecule has 3 aromatic rings. The van der Waals surface area contributed by atoms with Gasteiger partial charge in [-0.25, -0.2) is 4.39 Å². The minimum Gasteiger partial charge on any atom is -0.327 e. The standard InChI is InChI=1S/C23H20FNO/c1-16-8-2-4-10-18(16)23(26)25-15-14-17-9-3-5-11-19(17)22(25)20-12-6-7-13-21(20)24/h2-13,22H,14-15H2,1H3/t22-/m0/s1. The number of halogens is 1. The average Bonchev–Trinajstić information content (AvgIpc) is 2.67. The van der Waals surface area contributed by atoms with Crippen LogP contribution in [0.4, 0.5) is 4.39 Å². The van der Waals surface area contributed by atoms with Crippen molar-refractivity contribution in [2.75, 3.05) is 6.54 Å². The molecule has 3 aromatic carbocycles. The van der Waals surface area contributed by atoms with Crippen molar-refractivity contribution < 1.29 is 9.18 Å². The Bertz CT molecular complexity index is 966. The molecular weight excluding hydrogens is 325 g/mol. The first-order valence-corrected chi connectivity index (χ1v) is 8.85. The maximum Gasteiger partial charge on any atom is 0.254 e. The second-order valence-corrected chi connectivity index (χ2v) is 6.69. The fraction of sp³-hybridized carbons (Fsp3) is 0.174. The minimum absolute atomic E-state index is 0.0501. The first kappa shape index (κ1) is 16.5. The number of benzene rings is 3. The highest BCUT2D eigenvalue weighted by molar-refractivity contribution is 5.96. The molecule has 1 aliphatic heterocycles. The molecule has 0 spiro atoms. The van der Waals surface area contributed by atoms with Crippen LogP contribution in [0, 0.1) is 12.7 Å². The van der Waals surface area contributed by atoms with Crippen LogP contribution >= 0.6 is 0 Å². The lowest BCUT2D eigenvalue weighted by atomic mass is 9.87. The molecule has 0 fully saturated rings. The molecule has 130 valence electrons. The predicted octanol–water partition coefficient (Wildman–Crippen LogP) is 4.92. The number of nitrogens with zero attached hydrogens (tertiary/aromatic N) is 1. The molecule has 1 heterocycles. The van der Waals surface area contributed by atoms with Crippen LogP contribution in [-0.4, -0.2) is 17.4 Å². The van der Waals surface area contributed by atoms with Crippen LogP contribution in [-0.2, 0) is 6.42 Å². The second-order valence-electron chi connectivity index (χ2n) is 6.69. The summed E-state index contributed by atoms with van der Waals surface area (Å²) in [6, 6.07) is 21.9. The van der Waals surface area contributed by atoms with E-state index in [-0.39, 0.29) is 11.7 Å². The van der Waals surface area contributed by atoms with Gasteiger partial charge in [-0.05, 0) is 42.2 Å². The van der Waals surface area contributed by atoms with Gasteiger partial charge < -0.3 is 4.90 Å². The van der Waals surface area contributed by atoms with Gasteiger partial charge in [-0.2, -0.15) is 0 Å². The van der Waals surface area contributed by atoms with Gasteiger partial charge in [0.1, 0.15) is 5.82 Å². The van der Waals surface area contributed by atoms with Gasteiger partial charge in [0.05, 0.1) is 6.04 Å². The summed E-state index contributed by atoms with van der Waals surface area (Å²) in [5.74, 6) is -0.331. The molecule has 0 bridgehead atoms. The zero-order chi connectivity index (χ0) is 18.1. The molecule has 3 heteroatoms. The normalized spacial score (nSPS) is 16.2. The highest BCUT2D eigenvalue weighted by Gasteiger charge is 2.34. The SMILES string of the molecule is Cc1ccccc1C(=O)N1CCc2ccccc2[C@H]1c1ccccc1F. The largest absolute Gasteiger partial charge is 0.327 e. The Morgan fingerprint density at radius 2 is 1.58 bits per heavy atom. The first-order chi connectivity index (χ1) is 12.7. The third kappa shape index (κ3) is 2.80. The van der Waals surface area contributed by atoms with E-state index >= 15 is 0 Å². The number of amides is 1. The minimum atomic E-state index is -0.409. The van der Waals surface area contributed by atoms with Crippen molar-refractivity contribution in [1.29, 1.82) is 0 Å². The maximum absolute atomic E-state index is 14.6. The van der Waals surface area contributed by atoms with Crippen molar-refractivity contribution in [3.05, 3.63) is 106 Å². The Hall–Kier alpha value is -2.94. The molecule has 4 rings (SSSR count). The summed E-state index contributed by atoms with van der Waals surface area (Å²) in [7, 11) is 0. The molecule has 1 aliphatic rings. The van der Waals surface area contributed by atoms with Crippen LogP contribution in [0.15, 0.2) is 72.8 Å². The third-order valence-corrected chi connectivity index (χ3v) is 5.12. The molecule has 0 aromatic heterocycles. The summed E-state index contributed by atoms with van der Waals surface area (Å²) >= 11 is 0. The van der Waals surface area contributed by atoms with E-state index in [1.807, 2.05) is 60.4 Å². The smallest absolute Gasteiger partial charge is 0.254 e. The van der Waals surface area contributed by atoms with Gasteiger partial charge in [0.15, 0.2) is 0 Å². The van der Waals surface area contributed by atoms with E-state index in [0.717, 1.165) is 17.5 Å². The molecule has 1 amide bonds. The highest BCUT2D eigenvalue weighted by atomic mass is 19.1. The van der Waals surface area contributed by atoms with E-state index in [4.69, 9.17) is 0 Å². The molecular formula is C23H20FNO. The number of hydrogen-bond donors (Lipinski definition) is 0. The summed E-state index contributed by atoms with van der Waals surface area (Å²) in [6.07, 6.45) is 0.777. The lowest BCUT2D eigenvalue weighted by molar-refractivity contribution is 0.0691. The van der Waals surface area contributed by atoms with Crippen LogP contribution in [0.25, 0.3) is 0 Å². The number of rotatable bonds is 2. The van der Waals surface area contributed by atoms with Gasteiger partial charge in [-0.3, -0.25) is 4.79 Å². The number of fused-ring (bicyclic) bond motifs is 1. The molecule has 26 heavy (non-hydrogen) atoms. The van der Waals surface area contributed by atoms with Gasteiger partial charge >= 0.3 is 0 Å². The van der Waals surface area contributed by atoms with Crippen molar-refractivity contribution in [2.45, 2.75) is 19.4 Å². The molecule has 0 aliphatic carbocycles. The lowest BCUT2D eigenvalue weighted by Crippen LogP contribution is -2.41. The van der Waals surface area contributed by atoms with Crippen molar-refractivity contribution in [3.8, 4) is 0 Å². The van der Waals surface area contributed by atoms with Crippen molar-refractivity contribution >= 4 is 5.91 Å². The van der Waals surface area contributed by atoms with Gasteiger partial charge in [-0.15, -0.1) is 0 Å². The second kappa shape index (κ2) is 6.75. The van der Waals surface area contributed by atoms with Gasteiger partial charge in [0.2, 0.25) is 0 Å². The van der Waals surface area contributed by atoms with Gasteiger partial charge in [0, 0.05) is 17.7 Å². The third-order valence-electron chi connectivity index (χ3n) is 5.12. The lowest BCUT2D eigenvalue weighted by Gasteiger charge is -2.38. The Morgan fingerprint density at radius 1 is 0.923 bits per heavy atom. The van der Waals surface area contributed by atoms with E-state index in [2.05, 4.69) is 6.07 Å². The van der Waals surface area contributed by atoms with Crippen LogP contribution in [0.2, 0.25) is 0 Å². The van der Waals surface area contributed by atoms with Crippen LogP contribution in [0.3, 0.4) is 0 Å². The summed E-state index contributed by atoms with van der Waals surface area (Å²) < 4.78 is 14.6. The van der Waals surface area contributed by atoms with Crippen molar-refractivity contribution in [3.63, 3.8) is 0 Å². The van der Waals surface area contributed by atoms with Crippen molar-refractivity contribution in [1.82, 2.24) is 4.90 Å². The van der Waals surface area contributed by atoms with Crippen molar-refractivity contribution in [2.24, 2.45) is 0 Å². The summed E-state index contributed by atoms with van der Waals surface area (Å²) in [5.41, 5.74) is 4.33. The zero-order valence-electron chi connectivity index (χ0n) is 14.7. The van der Waals surface area contributed by atoms with E-state index in [0.29, 0.717) is 17.7 Å². The first-order valence-electron chi connectivity index (χ1n) is 8.85. The molecule has 0 unspecified atom stereocenters. The average molecular weight is 345 g/mol. The van der Waals surface area contributed by atoms with E-state index < -0.39 is 6.04 Å². The Balaban J connectivity index is 1.85. The number of carbonyl (C=O) groups excluding carboxylic acids is 1. The number of carbonyl (C=O) groups is 1. The quantitative estimate of drug-likeness (QED) is 0.645.